The smallest absolute Gasteiger partial charge is 0.193 e. The van der Waals surface area contributed by atoms with Crippen LogP contribution in [0.4, 0.5) is 5.82 Å². The molecule has 138 valence electrons. The summed E-state index contributed by atoms with van der Waals surface area (Å²) in [4.78, 5) is 13.5. The lowest BCUT2D eigenvalue weighted by molar-refractivity contribution is 0.0573. The van der Waals surface area contributed by atoms with Gasteiger partial charge in [0.25, 0.3) is 0 Å². The normalized spacial score (nSPS) is 19.5. The number of anilines is 1. The van der Waals surface area contributed by atoms with E-state index in [1.54, 1.807) is 0 Å². The quantitative estimate of drug-likeness (QED) is 0.486. The maximum Gasteiger partial charge on any atom is 0.193 e. The third-order valence-corrected chi connectivity index (χ3v) is 5.02. The fourth-order valence-corrected chi connectivity index (χ4v) is 3.60. The molecule has 2 heterocycles. The Labute approximate surface area is 151 Å². The first-order valence-electron chi connectivity index (χ1n) is 9.60. The first-order valence-corrected chi connectivity index (χ1v) is 9.60. The molecule has 0 bridgehead atoms. The topological polar surface area (TPSA) is 53.0 Å². The zero-order valence-electron chi connectivity index (χ0n) is 15.4. The highest BCUT2D eigenvalue weighted by atomic mass is 16.5. The molecule has 0 amide bonds. The molecule has 0 aromatic carbocycles. The van der Waals surface area contributed by atoms with Crippen LogP contribution in [0.15, 0.2) is 29.4 Å². The summed E-state index contributed by atoms with van der Waals surface area (Å²) in [5.74, 6) is 2.07. The maximum atomic E-state index is 5.92. The minimum absolute atomic E-state index is 0.513. The Balaban J connectivity index is 1.34. The number of guanidine groups is 1. The molecule has 1 aromatic rings. The summed E-state index contributed by atoms with van der Waals surface area (Å²) in [6, 6.07) is 6.08. The van der Waals surface area contributed by atoms with Crippen molar-refractivity contribution in [2.75, 3.05) is 51.3 Å². The number of hydrogen-bond acceptors (Lipinski definition) is 4. The Morgan fingerprint density at radius 3 is 2.72 bits per heavy atom. The van der Waals surface area contributed by atoms with Crippen molar-refractivity contribution in [3.05, 3.63) is 24.4 Å². The number of rotatable bonds is 6. The van der Waals surface area contributed by atoms with Gasteiger partial charge in [-0.1, -0.05) is 18.9 Å². The molecule has 6 heteroatoms. The van der Waals surface area contributed by atoms with Gasteiger partial charge in [0.2, 0.25) is 0 Å². The van der Waals surface area contributed by atoms with E-state index in [0.29, 0.717) is 6.10 Å². The summed E-state index contributed by atoms with van der Waals surface area (Å²) in [6.07, 6.45) is 8.56. The molecule has 1 saturated heterocycles. The molecule has 6 nitrogen and oxygen atoms in total. The zero-order chi connectivity index (χ0) is 17.3. The molecule has 25 heavy (non-hydrogen) atoms. The highest BCUT2D eigenvalue weighted by Gasteiger charge is 2.20. The van der Waals surface area contributed by atoms with E-state index >= 15 is 0 Å². The van der Waals surface area contributed by atoms with E-state index in [2.05, 4.69) is 31.2 Å². The lowest BCUT2D eigenvalue weighted by atomic mass is 10.3. The van der Waals surface area contributed by atoms with Gasteiger partial charge in [-0.15, -0.1) is 0 Å². The van der Waals surface area contributed by atoms with Crippen molar-refractivity contribution in [1.29, 1.82) is 0 Å². The van der Waals surface area contributed by atoms with E-state index in [-0.39, 0.29) is 0 Å². The fourth-order valence-electron chi connectivity index (χ4n) is 3.60. The molecule has 1 aliphatic carbocycles. The van der Waals surface area contributed by atoms with E-state index in [4.69, 9.17) is 4.74 Å². The molecule has 1 saturated carbocycles. The van der Waals surface area contributed by atoms with Crippen molar-refractivity contribution < 1.29 is 4.74 Å². The van der Waals surface area contributed by atoms with Crippen LogP contribution in [0.2, 0.25) is 0 Å². The Kier molecular flexibility index (Phi) is 6.91. The largest absolute Gasteiger partial charge is 0.378 e. The predicted octanol–water partition coefficient (Wildman–Crippen LogP) is 2.13. The Hall–Kier alpha value is -1.82. The lowest BCUT2D eigenvalue weighted by Crippen LogP contribution is -2.52. The second kappa shape index (κ2) is 9.61. The van der Waals surface area contributed by atoms with Crippen molar-refractivity contribution in [1.82, 2.24) is 15.2 Å². The van der Waals surface area contributed by atoms with Gasteiger partial charge in [-0.05, 0) is 31.4 Å². The summed E-state index contributed by atoms with van der Waals surface area (Å²) >= 11 is 0. The minimum atomic E-state index is 0.513. The van der Waals surface area contributed by atoms with Crippen molar-refractivity contribution in [2.45, 2.75) is 38.2 Å². The molecule has 1 aliphatic heterocycles. The van der Waals surface area contributed by atoms with E-state index in [0.717, 1.165) is 57.5 Å². The van der Waals surface area contributed by atoms with Crippen LogP contribution < -0.4 is 10.2 Å². The van der Waals surface area contributed by atoms with Gasteiger partial charge >= 0.3 is 0 Å². The lowest BCUT2D eigenvalue weighted by Gasteiger charge is -2.37. The van der Waals surface area contributed by atoms with Gasteiger partial charge in [-0.2, -0.15) is 0 Å². The highest BCUT2D eigenvalue weighted by Crippen LogP contribution is 2.20. The Morgan fingerprint density at radius 2 is 2.04 bits per heavy atom. The molecule has 0 spiro atoms. The third-order valence-electron chi connectivity index (χ3n) is 5.02. The zero-order valence-corrected chi connectivity index (χ0v) is 15.4. The number of aromatic nitrogens is 1. The summed E-state index contributed by atoms with van der Waals surface area (Å²) in [6.45, 7) is 5.65. The number of piperazine rings is 1. The monoisotopic (exact) mass is 345 g/mol. The molecule has 0 unspecified atom stereocenters. The predicted molar refractivity (Wildman–Crippen MR) is 102 cm³/mol. The van der Waals surface area contributed by atoms with Crippen molar-refractivity contribution in [3.8, 4) is 0 Å². The standard InChI is InChI=1S/C19H31N5O/c1-20-19(22-11-6-16-25-17-7-2-3-8-17)24-14-12-23(13-15-24)18-9-4-5-10-21-18/h4-5,9-10,17H,2-3,6-8,11-16H2,1H3,(H,20,22). The SMILES string of the molecule is CN=C(NCCCOC1CCCC1)N1CCN(c2ccccn2)CC1. The summed E-state index contributed by atoms with van der Waals surface area (Å²) in [7, 11) is 1.86. The van der Waals surface area contributed by atoms with Crippen LogP contribution in [0.1, 0.15) is 32.1 Å². The van der Waals surface area contributed by atoms with E-state index in [1.807, 2.05) is 25.4 Å². The first kappa shape index (κ1) is 18.0. The molecule has 3 rings (SSSR count). The van der Waals surface area contributed by atoms with E-state index < -0.39 is 0 Å². The number of nitrogens with zero attached hydrogens (tertiary/aromatic N) is 4. The van der Waals surface area contributed by atoms with Gasteiger partial charge in [0, 0.05) is 52.6 Å². The molecule has 1 N–H and O–H groups in total. The second-order valence-electron chi connectivity index (χ2n) is 6.77. The average Bonchev–Trinajstić information content (AvgIpc) is 3.19. The number of nitrogens with one attached hydrogen (secondary N) is 1. The van der Waals surface area contributed by atoms with Gasteiger partial charge in [0.1, 0.15) is 5.82 Å². The Bertz CT molecular complexity index is 522. The number of ether oxygens (including phenoxy) is 1. The van der Waals surface area contributed by atoms with Crippen LogP contribution >= 0.6 is 0 Å². The van der Waals surface area contributed by atoms with Gasteiger partial charge in [0.05, 0.1) is 6.10 Å². The minimum Gasteiger partial charge on any atom is -0.378 e. The van der Waals surface area contributed by atoms with Crippen LogP contribution in [0.3, 0.4) is 0 Å². The van der Waals surface area contributed by atoms with Crippen LogP contribution in [0.25, 0.3) is 0 Å². The number of aliphatic imine (C=N–C) groups is 1. The molecule has 0 atom stereocenters. The van der Waals surface area contributed by atoms with Crippen molar-refractivity contribution >= 4 is 11.8 Å². The molecular formula is C19H31N5O. The Morgan fingerprint density at radius 1 is 1.24 bits per heavy atom. The second-order valence-corrected chi connectivity index (χ2v) is 6.77. The molecule has 0 radical (unpaired) electrons. The number of hydrogen-bond donors (Lipinski definition) is 1. The van der Waals surface area contributed by atoms with Gasteiger partial charge in [0.15, 0.2) is 5.96 Å². The molecule has 1 aromatic heterocycles. The third kappa shape index (κ3) is 5.33. The molecule has 2 aliphatic rings. The summed E-state index contributed by atoms with van der Waals surface area (Å²) in [5, 5.41) is 3.48. The van der Waals surface area contributed by atoms with Crippen LogP contribution in [-0.4, -0.2) is 68.3 Å². The first-order chi connectivity index (χ1) is 12.4. The number of pyridine rings is 1. The van der Waals surface area contributed by atoms with Gasteiger partial charge in [-0.3, -0.25) is 4.99 Å². The highest BCUT2D eigenvalue weighted by molar-refractivity contribution is 5.80. The van der Waals surface area contributed by atoms with Crippen LogP contribution in [-0.2, 0) is 4.74 Å². The van der Waals surface area contributed by atoms with Gasteiger partial charge < -0.3 is 19.9 Å². The molecular weight excluding hydrogens is 314 g/mol. The van der Waals surface area contributed by atoms with Gasteiger partial charge in [-0.25, -0.2) is 4.98 Å². The van der Waals surface area contributed by atoms with E-state index in [1.165, 1.54) is 25.7 Å². The van der Waals surface area contributed by atoms with E-state index in [9.17, 15) is 0 Å². The fraction of sp³-hybridized carbons (Fsp3) is 0.684. The van der Waals surface area contributed by atoms with Crippen LogP contribution in [0.5, 0.6) is 0 Å². The van der Waals surface area contributed by atoms with Crippen molar-refractivity contribution in [3.63, 3.8) is 0 Å². The maximum absolute atomic E-state index is 5.92. The van der Waals surface area contributed by atoms with Crippen LogP contribution in [0, 0.1) is 0 Å². The summed E-state index contributed by atoms with van der Waals surface area (Å²) in [5.41, 5.74) is 0. The average molecular weight is 345 g/mol. The summed E-state index contributed by atoms with van der Waals surface area (Å²) < 4.78 is 5.92. The van der Waals surface area contributed by atoms with Crippen molar-refractivity contribution in [2.24, 2.45) is 4.99 Å². The molecule has 2 fully saturated rings.